The highest BCUT2D eigenvalue weighted by atomic mass is 16.5. The molecule has 1 fully saturated rings. The van der Waals surface area contributed by atoms with Gasteiger partial charge in [-0.3, -0.25) is 9.59 Å². The molecule has 0 spiro atoms. The Labute approximate surface area is 212 Å². The number of carbonyl (C=O) groups is 2. The van der Waals surface area contributed by atoms with Crippen molar-refractivity contribution >= 4 is 22.7 Å². The van der Waals surface area contributed by atoms with Crippen LogP contribution < -0.4 is 14.8 Å². The molecule has 1 aliphatic carbocycles. The Hall–Kier alpha value is -3.48. The first-order valence-corrected chi connectivity index (χ1v) is 12.9. The molecule has 2 aromatic carbocycles. The summed E-state index contributed by atoms with van der Waals surface area (Å²) < 4.78 is 13.2. The van der Waals surface area contributed by atoms with E-state index in [1.807, 2.05) is 60.0 Å². The number of nitrogens with one attached hydrogen (secondary N) is 1. The Bertz CT molecular complexity index is 1260. The summed E-state index contributed by atoms with van der Waals surface area (Å²) in [6, 6.07) is 15.5. The lowest BCUT2D eigenvalue weighted by atomic mass is 9.93. The number of nitrogens with zero attached hydrogens (tertiary/aromatic N) is 2. The van der Waals surface area contributed by atoms with Gasteiger partial charge < -0.3 is 24.3 Å². The van der Waals surface area contributed by atoms with Crippen LogP contribution in [0.1, 0.15) is 61.5 Å². The van der Waals surface area contributed by atoms with Crippen molar-refractivity contribution in [2.24, 2.45) is 0 Å². The molecule has 1 unspecified atom stereocenters. The smallest absolute Gasteiger partial charge is 0.271 e. The van der Waals surface area contributed by atoms with Crippen LogP contribution in [0.4, 0.5) is 0 Å². The molecule has 2 aliphatic rings. The SMILES string of the molecule is COc1ccc(OC)c2c1cc1n2CC(C)(C(=O)NC2CCCCCC2)N(Cc2ccccc2)C1=O. The van der Waals surface area contributed by atoms with Crippen LogP contribution >= 0.6 is 0 Å². The Kier molecular flexibility index (Phi) is 6.65. The quantitative estimate of drug-likeness (QED) is 0.499. The average Bonchev–Trinajstić information content (AvgIpc) is 3.08. The second-order valence-electron chi connectivity index (χ2n) is 10.2. The van der Waals surface area contributed by atoms with E-state index in [4.69, 9.17) is 9.47 Å². The highest BCUT2D eigenvalue weighted by Crippen LogP contribution is 2.40. The lowest BCUT2D eigenvalue weighted by Crippen LogP contribution is -2.64. The second-order valence-corrected chi connectivity index (χ2v) is 10.2. The third-order valence-corrected chi connectivity index (χ3v) is 7.81. The average molecular weight is 490 g/mol. The summed E-state index contributed by atoms with van der Waals surface area (Å²) in [6.07, 6.45) is 6.63. The Balaban J connectivity index is 1.60. The van der Waals surface area contributed by atoms with Gasteiger partial charge in [-0.15, -0.1) is 0 Å². The van der Waals surface area contributed by atoms with E-state index in [9.17, 15) is 9.59 Å². The molecular formula is C29H35N3O4. The maximum absolute atomic E-state index is 14.1. The molecule has 3 aromatic rings. The molecule has 1 saturated carbocycles. The predicted octanol–water partition coefficient (Wildman–Crippen LogP) is 4.91. The fourth-order valence-corrected chi connectivity index (χ4v) is 5.73. The third kappa shape index (κ3) is 4.21. The third-order valence-electron chi connectivity index (χ3n) is 7.81. The van der Waals surface area contributed by atoms with Gasteiger partial charge in [0.05, 0.1) is 26.3 Å². The van der Waals surface area contributed by atoms with Crippen molar-refractivity contribution in [2.75, 3.05) is 14.2 Å². The Morgan fingerprint density at radius 2 is 1.67 bits per heavy atom. The van der Waals surface area contributed by atoms with Crippen LogP contribution in [-0.2, 0) is 17.9 Å². The van der Waals surface area contributed by atoms with Crippen LogP contribution in [-0.4, -0.2) is 47.1 Å². The van der Waals surface area contributed by atoms with Gasteiger partial charge >= 0.3 is 0 Å². The van der Waals surface area contributed by atoms with E-state index in [1.165, 1.54) is 12.8 Å². The number of aromatic nitrogens is 1. The molecule has 2 heterocycles. The zero-order valence-corrected chi connectivity index (χ0v) is 21.4. The molecule has 2 amide bonds. The fraction of sp³-hybridized carbons (Fsp3) is 0.448. The van der Waals surface area contributed by atoms with Gasteiger partial charge in [0.2, 0.25) is 5.91 Å². The minimum atomic E-state index is -1.08. The van der Waals surface area contributed by atoms with Gasteiger partial charge in [0.1, 0.15) is 22.7 Å². The first-order chi connectivity index (χ1) is 17.5. The highest BCUT2D eigenvalue weighted by Gasteiger charge is 2.48. The molecule has 0 saturated heterocycles. The molecule has 0 bridgehead atoms. The predicted molar refractivity (Wildman–Crippen MR) is 139 cm³/mol. The summed E-state index contributed by atoms with van der Waals surface area (Å²) in [6.45, 7) is 2.57. The molecule has 7 nitrogen and oxygen atoms in total. The molecule has 7 heteroatoms. The molecule has 1 N–H and O–H groups in total. The van der Waals surface area contributed by atoms with Gasteiger partial charge in [-0.2, -0.15) is 0 Å². The van der Waals surface area contributed by atoms with Gasteiger partial charge in [0.15, 0.2) is 0 Å². The summed E-state index contributed by atoms with van der Waals surface area (Å²) in [7, 11) is 3.23. The Morgan fingerprint density at radius 3 is 2.33 bits per heavy atom. The van der Waals surface area contributed by atoms with Crippen LogP contribution in [0.15, 0.2) is 48.5 Å². The summed E-state index contributed by atoms with van der Waals surface area (Å²) in [5, 5.41) is 4.12. The number of fused-ring (bicyclic) bond motifs is 3. The molecule has 5 rings (SSSR count). The summed E-state index contributed by atoms with van der Waals surface area (Å²) in [4.78, 5) is 29.9. The van der Waals surface area contributed by atoms with Gasteiger partial charge in [0, 0.05) is 18.0 Å². The van der Waals surface area contributed by atoms with E-state index >= 15 is 0 Å². The number of ether oxygens (including phenoxy) is 2. The number of hydrogen-bond donors (Lipinski definition) is 1. The van der Waals surface area contributed by atoms with Crippen molar-refractivity contribution in [2.45, 2.75) is 70.1 Å². The van der Waals surface area contributed by atoms with Crippen LogP contribution in [0.2, 0.25) is 0 Å². The topological polar surface area (TPSA) is 72.8 Å². The van der Waals surface area contributed by atoms with E-state index < -0.39 is 5.54 Å². The van der Waals surface area contributed by atoms with Crippen molar-refractivity contribution in [3.8, 4) is 11.5 Å². The van der Waals surface area contributed by atoms with Gasteiger partial charge in [-0.05, 0) is 43.5 Å². The standard InChI is InChI=1S/C29H35N3O4/c1-29(28(34)30-21-13-9-4-5-10-14-21)19-31-23(27(33)32(29)18-20-11-7-6-8-12-20)17-22-24(35-2)15-16-25(36-3)26(22)31/h6-8,11-12,15-17,21H,4-5,9-10,13-14,18-19H2,1-3H3,(H,30,34). The minimum absolute atomic E-state index is 0.104. The van der Waals surface area contributed by atoms with Crippen LogP contribution in [0.25, 0.3) is 10.9 Å². The van der Waals surface area contributed by atoms with Gasteiger partial charge in [-0.1, -0.05) is 56.0 Å². The largest absolute Gasteiger partial charge is 0.496 e. The van der Waals surface area contributed by atoms with E-state index in [-0.39, 0.29) is 17.9 Å². The van der Waals surface area contributed by atoms with Crippen molar-refractivity contribution in [1.29, 1.82) is 0 Å². The molecule has 190 valence electrons. The summed E-state index contributed by atoms with van der Waals surface area (Å²) in [5.74, 6) is 1.03. The molecule has 1 aromatic heterocycles. The maximum atomic E-state index is 14.1. The highest BCUT2D eigenvalue weighted by molar-refractivity contribution is 6.05. The summed E-state index contributed by atoms with van der Waals surface area (Å²) >= 11 is 0. The second kappa shape index (κ2) is 9.88. The van der Waals surface area contributed by atoms with Crippen molar-refractivity contribution in [1.82, 2.24) is 14.8 Å². The van der Waals surface area contributed by atoms with E-state index in [1.54, 1.807) is 19.1 Å². The molecule has 36 heavy (non-hydrogen) atoms. The van der Waals surface area contributed by atoms with E-state index in [2.05, 4.69) is 5.32 Å². The Morgan fingerprint density at radius 1 is 1.00 bits per heavy atom. The van der Waals surface area contributed by atoms with Crippen molar-refractivity contribution < 1.29 is 19.1 Å². The number of carbonyl (C=O) groups excluding carboxylic acids is 2. The number of rotatable bonds is 6. The molecule has 1 atom stereocenters. The van der Waals surface area contributed by atoms with Crippen molar-refractivity contribution in [3.05, 3.63) is 59.8 Å². The zero-order valence-electron chi connectivity index (χ0n) is 21.4. The number of amides is 2. The number of benzene rings is 2. The first-order valence-electron chi connectivity index (χ1n) is 12.9. The normalized spacial score (nSPS) is 20.6. The minimum Gasteiger partial charge on any atom is -0.496 e. The molecular weight excluding hydrogens is 454 g/mol. The fourth-order valence-electron chi connectivity index (χ4n) is 5.73. The number of methoxy groups -OCH3 is 2. The first kappa shape index (κ1) is 24.2. The van der Waals surface area contributed by atoms with E-state index in [0.717, 1.165) is 42.1 Å². The van der Waals surface area contributed by atoms with Crippen LogP contribution in [0, 0.1) is 0 Å². The van der Waals surface area contributed by atoms with Crippen LogP contribution in [0.3, 0.4) is 0 Å². The van der Waals surface area contributed by atoms with Gasteiger partial charge in [-0.25, -0.2) is 0 Å². The molecule has 0 radical (unpaired) electrons. The molecule has 1 aliphatic heterocycles. The maximum Gasteiger partial charge on any atom is 0.271 e. The van der Waals surface area contributed by atoms with Crippen LogP contribution in [0.5, 0.6) is 11.5 Å². The monoisotopic (exact) mass is 489 g/mol. The summed E-state index contributed by atoms with van der Waals surface area (Å²) in [5.41, 5.74) is 1.21. The zero-order chi connectivity index (χ0) is 25.3. The lowest BCUT2D eigenvalue weighted by molar-refractivity contribution is -0.134. The van der Waals surface area contributed by atoms with E-state index in [0.29, 0.717) is 30.3 Å². The van der Waals surface area contributed by atoms with Crippen molar-refractivity contribution in [3.63, 3.8) is 0 Å². The lowest BCUT2D eigenvalue weighted by Gasteiger charge is -2.44. The van der Waals surface area contributed by atoms with Gasteiger partial charge in [0.25, 0.3) is 5.91 Å². The number of hydrogen-bond acceptors (Lipinski definition) is 4.